The highest BCUT2D eigenvalue weighted by Gasteiger charge is 2.32. The predicted octanol–water partition coefficient (Wildman–Crippen LogP) is 2.66. The van der Waals surface area contributed by atoms with Gasteiger partial charge in [-0.3, -0.25) is 0 Å². The Morgan fingerprint density at radius 2 is 1.86 bits per heavy atom. The fourth-order valence-corrected chi connectivity index (χ4v) is 5.05. The fourth-order valence-electron chi connectivity index (χ4n) is 2.78. The molecule has 1 fully saturated rings. The molecule has 5 nitrogen and oxygen atoms in total. The average molecular weight is 423 g/mol. The molecule has 1 aromatic carbocycles. The maximum Gasteiger partial charge on any atom is 0.336 e. The number of benzene rings is 1. The molecule has 0 radical (unpaired) electrons. The van der Waals surface area contributed by atoms with Crippen molar-refractivity contribution in [3.63, 3.8) is 0 Å². The molecule has 2 unspecified atom stereocenters. The lowest BCUT2D eigenvalue weighted by Crippen LogP contribution is -2.42. The summed E-state index contributed by atoms with van der Waals surface area (Å²) in [7, 11) is -3.63. The number of hydrogen-bond acceptors (Lipinski definition) is 3. The van der Waals surface area contributed by atoms with E-state index < -0.39 is 16.0 Å². The molecule has 0 aromatic heterocycles. The van der Waals surface area contributed by atoms with E-state index in [0.29, 0.717) is 28.5 Å². The number of aromatic carboxylic acids is 1. The van der Waals surface area contributed by atoms with Gasteiger partial charge in [-0.25, -0.2) is 13.2 Å². The van der Waals surface area contributed by atoms with Gasteiger partial charge in [0.15, 0.2) is 0 Å². The molecule has 116 valence electrons. The van der Waals surface area contributed by atoms with E-state index in [0.717, 1.165) is 6.42 Å². The van der Waals surface area contributed by atoms with Crippen LogP contribution in [0.5, 0.6) is 0 Å². The first kappa shape index (κ1) is 16.7. The van der Waals surface area contributed by atoms with Crippen LogP contribution in [0.1, 0.15) is 30.6 Å². The lowest BCUT2D eigenvalue weighted by atomic mass is 9.94. The van der Waals surface area contributed by atoms with Gasteiger partial charge in [0.2, 0.25) is 10.0 Å². The van der Waals surface area contributed by atoms with Crippen molar-refractivity contribution in [2.45, 2.75) is 25.2 Å². The molecule has 2 rings (SSSR count). The standard InChI is InChI=1S/C14H18INO4S/c1-9-5-10(2)8-16(7-9)21(19,20)11-3-4-13(15)12(6-11)14(17)18/h3-4,6,9-10H,5,7-8H2,1-2H3,(H,17,18). The smallest absolute Gasteiger partial charge is 0.336 e. The van der Waals surface area contributed by atoms with Crippen LogP contribution in [0, 0.1) is 15.4 Å². The van der Waals surface area contributed by atoms with Gasteiger partial charge < -0.3 is 5.11 Å². The maximum absolute atomic E-state index is 12.7. The summed E-state index contributed by atoms with van der Waals surface area (Å²) in [5.74, 6) is -0.491. The second-order valence-electron chi connectivity index (χ2n) is 5.71. The SMILES string of the molecule is CC1CC(C)CN(S(=O)(=O)c2ccc(I)c(C(=O)O)c2)C1. The van der Waals surface area contributed by atoms with Gasteiger partial charge in [-0.15, -0.1) is 0 Å². The third kappa shape index (κ3) is 3.57. The summed E-state index contributed by atoms with van der Waals surface area (Å²) in [4.78, 5) is 11.2. The Morgan fingerprint density at radius 3 is 2.38 bits per heavy atom. The Balaban J connectivity index is 2.40. The zero-order valence-electron chi connectivity index (χ0n) is 11.9. The van der Waals surface area contributed by atoms with Gasteiger partial charge in [-0.05, 0) is 59.0 Å². The first-order valence-electron chi connectivity index (χ1n) is 6.74. The minimum atomic E-state index is -3.63. The highest BCUT2D eigenvalue weighted by atomic mass is 127. The highest BCUT2D eigenvalue weighted by molar-refractivity contribution is 14.1. The number of carboxylic acid groups (broad SMARTS) is 1. The summed E-state index contributed by atoms with van der Waals surface area (Å²) in [5, 5.41) is 9.14. The molecular weight excluding hydrogens is 405 g/mol. The summed E-state index contributed by atoms with van der Waals surface area (Å²) in [6, 6.07) is 4.27. The largest absolute Gasteiger partial charge is 0.478 e. The Kier molecular flexibility index (Phi) is 4.94. The van der Waals surface area contributed by atoms with Gasteiger partial charge >= 0.3 is 5.97 Å². The molecule has 1 heterocycles. The van der Waals surface area contributed by atoms with Crippen LogP contribution >= 0.6 is 22.6 Å². The molecule has 0 bridgehead atoms. The van der Waals surface area contributed by atoms with E-state index >= 15 is 0 Å². The third-order valence-electron chi connectivity index (χ3n) is 3.64. The van der Waals surface area contributed by atoms with Gasteiger partial charge in [0.25, 0.3) is 0 Å². The Morgan fingerprint density at radius 1 is 1.29 bits per heavy atom. The Hall–Kier alpha value is -0.670. The quantitative estimate of drug-likeness (QED) is 0.759. The number of nitrogens with zero attached hydrogens (tertiary/aromatic N) is 1. The number of rotatable bonds is 3. The monoisotopic (exact) mass is 423 g/mol. The first-order valence-corrected chi connectivity index (χ1v) is 9.26. The van der Waals surface area contributed by atoms with Crippen LogP contribution in [0.2, 0.25) is 0 Å². The van der Waals surface area contributed by atoms with Crippen LogP contribution in [0.4, 0.5) is 0 Å². The highest BCUT2D eigenvalue weighted by Crippen LogP contribution is 2.27. The van der Waals surface area contributed by atoms with Crippen molar-refractivity contribution >= 4 is 38.6 Å². The summed E-state index contributed by atoms with van der Waals surface area (Å²) < 4.78 is 27.4. The molecule has 0 spiro atoms. The van der Waals surface area contributed by atoms with Crippen LogP contribution < -0.4 is 0 Å². The van der Waals surface area contributed by atoms with Gasteiger partial charge in [0.05, 0.1) is 10.5 Å². The van der Waals surface area contributed by atoms with Crippen LogP contribution in [0.3, 0.4) is 0 Å². The number of hydrogen-bond donors (Lipinski definition) is 1. The summed E-state index contributed by atoms with van der Waals surface area (Å²) >= 11 is 1.89. The molecule has 0 amide bonds. The molecule has 0 saturated carbocycles. The van der Waals surface area contributed by atoms with E-state index in [1.54, 1.807) is 0 Å². The van der Waals surface area contributed by atoms with Crippen molar-refractivity contribution in [1.82, 2.24) is 4.31 Å². The van der Waals surface area contributed by atoms with E-state index in [1.807, 2.05) is 36.4 Å². The summed E-state index contributed by atoms with van der Waals surface area (Å²) in [6.07, 6.45) is 1.01. The van der Waals surface area contributed by atoms with Crippen molar-refractivity contribution in [1.29, 1.82) is 0 Å². The maximum atomic E-state index is 12.7. The van der Waals surface area contributed by atoms with Crippen LogP contribution in [-0.2, 0) is 10.0 Å². The summed E-state index contributed by atoms with van der Waals surface area (Å²) in [5.41, 5.74) is 0.0229. The summed E-state index contributed by atoms with van der Waals surface area (Å²) in [6.45, 7) is 5.05. The van der Waals surface area contributed by atoms with Crippen LogP contribution in [-0.4, -0.2) is 36.9 Å². The van der Waals surface area contributed by atoms with E-state index in [-0.39, 0.29) is 10.5 Å². The predicted molar refractivity (Wildman–Crippen MR) is 87.8 cm³/mol. The Bertz CT molecular complexity index is 649. The molecule has 2 atom stereocenters. The molecule has 1 saturated heterocycles. The molecule has 1 aromatic rings. The lowest BCUT2D eigenvalue weighted by Gasteiger charge is -2.34. The van der Waals surface area contributed by atoms with Crippen molar-refractivity contribution in [2.75, 3.05) is 13.1 Å². The average Bonchev–Trinajstić information content (AvgIpc) is 2.37. The number of carbonyl (C=O) groups is 1. The second kappa shape index (κ2) is 6.21. The minimum absolute atomic E-state index is 0.0229. The normalized spacial score (nSPS) is 24.0. The molecule has 1 N–H and O–H groups in total. The van der Waals surface area contributed by atoms with E-state index in [4.69, 9.17) is 5.11 Å². The van der Waals surface area contributed by atoms with Crippen molar-refractivity contribution in [2.24, 2.45) is 11.8 Å². The van der Waals surface area contributed by atoms with Gasteiger partial charge in [0.1, 0.15) is 0 Å². The molecule has 0 aliphatic carbocycles. The van der Waals surface area contributed by atoms with Crippen LogP contribution in [0.25, 0.3) is 0 Å². The fraction of sp³-hybridized carbons (Fsp3) is 0.500. The van der Waals surface area contributed by atoms with Gasteiger partial charge in [-0.2, -0.15) is 4.31 Å². The van der Waals surface area contributed by atoms with Crippen molar-refractivity contribution < 1.29 is 18.3 Å². The van der Waals surface area contributed by atoms with E-state index in [2.05, 4.69) is 0 Å². The zero-order chi connectivity index (χ0) is 15.8. The van der Waals surface area contributed by atoms with E-state index in [1.165, 1.54) is 22.5 Å². The second-order valence-corrected chi connectivity index (χ2v) is 8.81. The van der Waals surface area contributed by atoms with Crippen molar-refractivity contribution in [3.05, 3.63) is 27.3 Å². The lowest BCUT2D eigenvalue weighted by molar-refractivity contribution is 0.0695. The molecular formula is C14H18INO4S. The topological polar surface area (TPSA) is 74.7 Å². The molecule has 21 heavy (non-hydrogen) atoms. The zero-order valence-corrected chi connectivity index (χ0v) is 14.9. The minimum Gasteiger partial charge on any atom is -0.478 e. The molecule has 1 aliphatic rings. The van der Waals surface area contributed by atoms with Crippen molar-refractivity contribution in [3.8, 4) is 0 Å². The van der Waals surface area contributed by atoms with Gasteiger partial charge in [0, 0.05) is 16.7 Å². The number of sulfonamides is 1. The van der Waals surface area contributed by atoms with E-state index in [9.17, 15) is 13.2 Å². The first-order chi connectivity index (χ1) is 9.71. The van der Waals surface area contributed by atoms with Gasteiger partial charge in [-0.1, -0.05) is 13.8 Å². The molecule has 1 aliphatic heterocycles. The molecule has 7 heteroatoms. The van der Waals surface area contributed by atoms with Crippen LogP contribution in [0.15, 0.2) is 23.1 Å². The number of halogens is 1. The third-order valence-corrected chi connectivity index (χ3v) is 6.41. The number of piperidine rings is 1. The Labute approximate surface area is 138 Å². The number of carboxylic acids is 1.